The summed E-state index contributed by atoms with van der Waals surface area (Å²) in [4.78, 5) is 15.6. The van der Waals surface area contributed by atoms with Crippen LogP contribution in [0.2, 0.25) is 0 Å². The van der Waals surface area contributed by atoms with E-state index in [9.17, 15) is 0 Å². The highest BCUT2D eigenvalue weighted by Gasteiger charge is 2.47. The highest BCUT2D eigenvalue weighted by Crippen LogP contribution is 2.58. The minimum absolute atomic E-state index is 0.505. The van der Waals surface area contributed by atoms with Gasteiger partial charge in [-0.15, -0.1) is 0 Å². The van der Waals surface area contributed by atoms with Crippen molar-refractivity contribution in [2.45, 2.75) is 5.41 Å². The number of rotatable bonds is 6. The van der Waals surface area contributed by atoms with E-state index in [2.05, 4.69) is 176 Å². The molecule has 0 radical (unpaired) electrons. The highest BCUT2D eigenvalue weighted by atomic mass is 14.9. The largest absolute Gasteiger partial charge is 0.247 e. The second-order valence-corrected chi connectivity index (χ2v) is 14.7. The molecule has 57 heavy (non-hydrogen) atoms. The fourth-order valence-electron chi connectivity index (χ4n) is 9.05. The number of pyridine rings is 1. The summed E-state index contributed by atoms with van der Waals surface area (Å²) >= 11 is 0. The molecule has 0 saturated carbocycles. The van der Waals surface area contributed by atoms with E-state index in [4.69, 9.17) is 15.0 Å². The third-order valence-corrected chi connectivity index (χ3v) is 11.6. The van der Waals surface area contributed by atoms with Crippen molar-refractivity contribution in [3.8, 4) is 56.3 Å². The predicted molar refractivity (Wildman–Crippen MR) is 234 cm³/mol. The van der Waals surface area contributed by atoms with Crippen molar-refractivity contribution >= 4 is 21.7 Å². The first-order valence-corrected chi connectivity index (χ1v) is 19.4. The lowest BCUT2D eigenvalue weighted by Crippen LogP contribution is -2.28. The van der Waals surface area contributed by atoms with Gasteiger partial charge >= 0.3 is 0 Å². The van der Waals surface area contributed by atoms with E-state index in [1.54, 1.807) is 0 Å². The lowest BCUT2D eigenvalue weighted by molar-refractivity contribution is 0.769. The summed E-state index contributed by atoms with van der Waals surface area (Å²) in [7, 11) is 0. The Kier molecular flexibility index (Phi) is 7.71. The number of aromatic nitrogens is 3. The van der Waals surface area contributed by atoms with Crippen LogP contribution in [-0.4, -0.2) is 15.0 Å². The van der Waals surface area contributed by atoms with E-state index in [1.807, 2.05) is 36.4 Å². The van der Waals surface area contributed by atoms with Gasteiger partial charge in [-0.3, -0.25) is 0 Å². The van der Waals surface area contributed by atoms with Crippen LogP contribution >= 0.6 is 0 Å². The molecule has 0 bridgehead atoms. The molecular weight excluding hydrogens is 691 g/mol. The molecule has 0 aliphatic heterocycles. The van der Waals surface area contributed by atoms with Crippen molar-refractivity contribution < 1.29 is 0 Å². The van der Waals surface area contributed by atoms with Gasteiger partial charge in [-0.2, -0.15) is 0 Å². The van der Waals surface area contributed by atoms with Gasteiger partial charge in [-0.05, 0) is 50.9 Å². The number of hydrogen-bond donors (Lipinski definition) is 0. The Balaban J connectivity index is 1.15. The summed E-state index contributed by atoms with van der Waals surface area (Å²) in [6.07, 6.45) is 0. The Morgan fingerprint density at radius 3 is 1.54 bits per heavy atom. The van der Waals surface area contributed by atoms with E-state index in [-0.39, 0.29) is 0 Å². The van der Waals surface area contributed by atoms with Crippen molar-refractivity contribution in [1.82, 2.24) is 15.0 Å². The summed E-state index contributed by atoms with van der Waals surface area (Å²) in [6.45, 7) is 0. The van der Waals surface area contributed by atoms with Crippen molar-refractivity contribution in [2.24, 2.45) is 0 Å². The molecule has 2 aromatic heterocycles. The molecule has 2 heterocycles. The molecule has 0 spiro atoms. The zero-order valence-electron chi connectivity index (χ0n) is 31.0. The first kappa shape index (κ1) is 32.9. The summed E-state index contributed by atoms with van der Waals surface area (Å²) in [6, 6.07) is 75.6. The van der Waals surface area contributed by atoms with Gasteiger partial charge in [0.2, 0.25) is 0 Å². The molecule has 11 rings (SSSR count). The first-order valence-electron chi connectivity index (χ1n) is 19.4. The van der Waals surface area contributed by atoms with Crippen LogP contribution < -0.4 is 0 Å². The maximum absolute atomic E-state index is 5.50. The average Bonchev–Trinajstić information content (AvgIpc) is 3.61. The third-order valence-electron chi connectivity index (χ3n) is 11.6. The molecule has 8 aromatic carbocycles. The van der Waals surface area contributed by atoms with E-state index < -0.39 is 5.41 Å². The number of hydrogen-bond acceptors (Lipinski definition) is 3. The maximum Gasteiger partial charge on any atom is 0.160 e. The fraction of sp³-hybridized carbons (Fsp3) is 0.0185. The zero-order valence-corrected chi connectivity index (χ0v) is 31.0. The Morgan fingerprint density at radius 1 is 0.351 bits per heavy atom. The van der Waals surface area contributed by atoms with Crippen LogP contribution in [0.4, 0.5) is 0 Å². The van der Waals surface area contributed by atoms with Gasteiger partial charge in [-0.25, -0.2) is 15.0 Å². The lowest BCUT2D eigenvalue weighted by atomic mass is 9.67. The standard InChI is InChI=1S/C54H35N3/c1-5-17-36(18-6-1)48-35-49(57-53(56-48)39-19-7-2-8-20-39)37-29-31-38(32-30-37)52-51-43(42-25-14-16-28-47(42)55-52)33-34-46-50(51)44-26-13-15-27-45(44)54(46,40-21-9-3-10-22-40)41-23-11-4-12-24-41/h1-35H. The Morgan fingerprint density at radius 2 is 0.877 bits per heavy atom. The summed E-state index contributed by atoms with van der Waals surface area (Å²) in [5.74, 6) is 0.702. The Labute approximate surface area is 331 Å². The smallest absolute Gasteiger partial charge is 0.160 e. The van der Waals surface area contributed by atoms with Crippen LogP contribution in [0.1, 0.15) is 22.3 Å². The normalized spacial score (nSPS) is 12.7. The van der Waals surface area contributed by atoms with Gasteiger partial charge in [-0.1, -0.05) is 200 Å². The molecule has 10 aromatic rings. The monoisotopic (exact) mass is 725 g/mol. The van der Waals surface area contributed by atoms with Crippen LogP contribution in [0.25, 0.3) is 78.0 Å². The zero-order chi connectivity index (χ0) is 37.8. The third kappa shape index (κ3) is 5.24. The second kappa shape index (κ2) is 13.4. The van der Waals surface area contributed by atoms with Crippen molar-refractivity contribution in [3.63, 3.8) is 0 Å². The van der Waals surface area contributed by atoms with Crippen molar-refractivity contribution in [1.29, 1.82) is 0 Å². The SMILES string of the molecule is c1ccc(-c2cc(-c3ccc(-c4nc5ccccc5c5ccc6c(c45)-c4ccccc4C6(c4ccccc4)c4ccccc4)cc3)nc(-c3ccccc3)n2)cc1. The summed E-state index contributed by atoms with van der Waals surface area (Å²) < 4.78 is 0. The molecular formula is C54H35N3. The molecule has 3 heteroatoms. The Hall–Kier alpha value is -7.49. The number of para-hydroxylation sites is 1. The minimum Gasteiger partial charge on any atom is -0.247 e. The van der Waals surface area contributed by atoms with Gasteiger partial charge in [0.15, 0.2) is 5.82 Å². The van der Waals surface area contributed by atoms with E-state index >= 15 is 0 Å². The van der Waals surface area contributed by atoms with Gasteiger partial charge in [0, 0.05) is 33.0 Å². The van der Waals surface area contributed by atoms with Crippen LogP contribution in [0, 0.1) is 0 Å². The van der Waals surface area contributed by atoms with Crippen LogP contribution in [0.3, 0.4) is 0 Å². The Bertz CT molecular complexity index is 2990. The molecule has 0 fully saturated rings. The van der Waals surface area contributed by atoms with Crippen LogP contribution in [-0.2, 0) is 5.41 Å². The minimum atomic E-state index is -0.505. The average molecular weight is 726 g/mol. The molecule has 0 N–H and O–H groups in total. The van der Waals surface area contributed by atoms with Gasteiger partial charge < -0.3 is 0 Å². The molecule has 266 valence electrons. The molecule has 1 aliphatic rings. The predicted octanol–water partition coefficient (Wildman–Crippen LogP) is 13.2. The van der Waals surface area contributed by atoms with Crippen molar-refractivity contribution in [3.05, 3.63) is 235 Å². The fourth-order valence-corrected chi connectivity index (χ4v) is 9.05. The quantitative estimate of drug-likeness (QED) is 0.160. The summed E-state index contributed by atoms with van der Waals surface area (Å²) in [5.41, 5.74) is 14.8. The van der Waals surface area contributed by atoms with Crippen LogP contribution in [0.15, 0.2) is 212 Å². The highest BCUT2D eigenvalue weighted by molar-refractivity contribution is 6.18. The van der Waals surface area contributed by atoms with Gasteiger partial charge in [0.1, 0.15) is 0 Å². The number of fused-ring (bicyclic) bond motifs is 7. The maximum atomic E-state index is 5.50. The van der Waals surface area contributed by atoms with Crippen molar-refractivity contribution in [2.75, 3.05) is 0 Å². The van der Waals surface area contributed by atoms with E-state index in [0.29, 0.717) is 5.82 Å². The molecule has 0 atom stereocenters. The number of nitrogens with zero attached hydrogens (tertiary/aromatic N) is 3. The second-order valence-electron chi connectivity index (χ2n) is 14.7. The van der Waals surface area contributed by atoms with Gasteiger partial charge in [0.05, 0.1) is 28.0 Å². The molecule has 3 nitrogen and oxygen atoms in total. The summed E-state index contributed by atoms with van der Waals surface area (Å²) in [5, 5.41) is 3.51. The lowest BCUT2D eigenvalue weighted by Gasteiger charge is -2.34. The van der Waals surface area contributed by atoms with E-state index in [1.165, 1.54) is 44.2 Å². The van der Waals surface area contributed by atoms with E-state index in [0.717, 1.165) is 50.2 Å². The van der Waals surface area contributed by atoms with Gasteiger partial charge in [0.25, 0.3) is 0 Å². The molecule has 0 amide bonds. The first-order chi connectivity index (χ1) is 28.3. The molecule has 0 unspecified atom stereocenters. The molecule has 0 saturated heterocycles. The topological polar surface area (TPSA) is 38.7 Å². The molecule has 1 aliphatic carbocycles. The van der Waals surface area contributed by atoms with Crippen LogP contribution in [0.5, 0.6) is 0 Å². The number of benzene rings is 8.